The van der Waals surface area contributed by atoms with Crippen molar-refractivity contribution in [2.45, 2.75) is 12.5 Å². The molecule has 13 heavy (non-hydrogen) atoms. The van der Waals surface area contributed by atoms with Crippen molar-refractivity contribution in [2.75, 3.05) is 13.7 Å². The lowest BCUT2D eigenvalue weighted by Crippen LogP contribution is -2.15. The van der Waals surface area contributed by atoms with Gasteiger partial charge in [-0.2, -0.15) is 0 Å². The van der Waals surface area contributed by atoms with Crippen LogP contribution in [0, 0.1) is 0 Å². The van der Waals surface area contributed by atoms with Crippen molar-refractivity contribution >= 4 is 11.6 Å². The molecule has 1 heterocycles. The maximum atomic E-state index is 5.85. The number of fused-ring (bicyclic) bond motifs is 1. The van der Waals surface area contributed by atoms with Crippen LogP contribution in [0.15, 0.2) is 18.2 Å². The largest absolute Gasteiger partial charge is 0.493 e. The van der Waals surface area contributed by atoms with E-state index >= 15 is 0 Å². The molecule has 0 aromatic heterocycles. The normalized spacial score (nSPS) is 20.6. The summed E-state index contributed by atoms with van der Waals surface area (Å²) in [5, 5.41) is 0.704. The van der Waals surface area contributed by atoms with Crippen molar-refractivity contribution in [1.82, 2.24) is 0 Å². The molecule has 0 amide bonds. The summed E-state index contributed by atoms with van der Waals surface area (Å²) in [6.45, 7) is 0.700. The monoisotopic (exact) mass is 198 g/mol. The molecule has 2 rings (SSSR count). The Balaban J connectivity index is 2.40. The minimum absolute atomic E-state index is 0.154. The summed E-state index contributed by atoms with van der Waals surface area (Å²) < 4.78 is 10.8. The fourth-order valence-corrected chi connectivity index (χ4v) is 1.74. The highest BCUT2D eigenvalue weighted by Gasteiger charge is 2.20. The molecule has 1 atom stereocenters. The summed E-state index contributed by atoms with van der Waals surface area (Å²) in [5.74, 6) is 0.852. The number of hydrogen-bond donors (Lipinski definition) is 0. The highest BCUT2D eigenvalue weighted by molar-refractivity contribution is 6.30. The van der Waals surface area contributed by atoms with Gasteiger partial charge in [0.05, 0.1) is 12.7 Å². The molecule has 0 fully saturated rings. The Morgan fingerprint density at radius 3 is 3.15 bits per heavy atom. The molecule has 1 aromatic carbocycles. The van der Waals surface area contributed by atoms with E-state index in [1.165, 1.54) is 0 Å². The molecular weight excluding hydrogens is 188 g/mol. The Bertz CT molecular complexity index is 312. The van der Waals surface area contributed by atoms with Crippen LogP contribution < -0.4 is 4.74 Å². The van der Waals surface area contributed by atoms with E-state index in [0.29, 0.717) is 11.6 Å². The third kappa shape index (κ3) is 1.64. The van der Waals surface area contributed by atoms with Crippen molar-refractivity contribution in [2.24, 2.45) is 0 Å². The van der Waals surface area contributed by atoms with Gasteiger partial charge in [-0.3, -0.25) is 0 Å². The van der Waals surface area contributed by atoms with E-state index in [1.807, 2.05) is 18.2 Å². The molecule has 0 radical (unpaired) electrons. The molecule has 0 saturated heterocycles. The zero-order chi connectivity index (χ0) is 9.26. The van der Waals surface area contributed by atoms with E-state index in [2.05, 4.69) is 0 Å². The fourth-order valence-electron chi connectivity index (χ4n) is 1.58. The second-order valence-corrected chi connectivity index (χ2v) is 3.48. The number of rotatable bonds is 1. The van der Waals surface area contributed by atoms with Crippen LogP contribution >= 0.6 is 11.6 Å². The first kappa shape index (κ1) is 8.85. The van der Waals surface area contributed by atoms with Crippen molar-refractivity contribution in [3.8, 4) is 5.75 Å². The molecule has 0 bridgehead atoms. The number of benzene rings is 1. The van der Waals surface area contributed by atoms with Gasteiger partial charge >= 0.3 is 0 Å². The zero-order valence-corrected chi connectivity index (χ0v) is 8.17. The Hall–Kier alpha value is -0.730. The van der Waals surface area contributed by atoms with E-state index in [-0.39, 0.29) is 6.10 Å². The molecule has 1 unspecified atom stereocenters. The van der Waals surface area contributed by atoms with E-state index in [4.69, 9.17) is 21.1 Å². The van der Waals surface area contributed by atoms with Crippen molar-refractivity contribution in [3.63, 3.8) is 0 Å². The van der Waals surface area contributed by atoms with Crippen molar-refractivity contribution < 1.29 is 9.47 Å². The lowest BCUT2D eigenvalue weighted by molar-refractivity contribution is 0.0636. The van der Waals surface area contributed by atoms with Crippen molar-refractivity contribution in [3.05, 3.63) is 28.8 Å². The number of hydrogen-bond acceptors (Lipinski definition) is 2. The Morgan fingerprint density at radius 2 is 2.38 bits per heavy atom. The molecule has 1 aliphatic rings. The van der Waals surface area contributed by atoms with Gasteiger partial charge in [0.15, 0.2) is 0 Å². The average molecular weight is 199 g/mol. The van der Waals surface area contributed by atoms with Crippen LogP contribution in [-0.4, -0.2) is 13.7 Å². The summed E-state index contributed by atoms with van der Waals surface area (Å²) in [7, 11) is 1.72. The van der Waals surface area contributed by atoms with Crippen LogP contribution in [0.25, 0.3) is 0 Å². The van der Waals surface area contributed by atoms with Gasteiger partial charge in [0.2, 0.25) is 0 Å². The summed E-state index contributed by atoms with van der Waals surface area (Å²) in [6, 6.07) is 5.66. The Morgan fingerprint density at radius 1 is 1.54 bits per heavy atom. The first-order valence-corrected chi connectivity index (χ1v) is 4.64. The van der Waals surface area contributed by atoms with Gasteiger partial charge in [-0.05, 0) is 12.1 Å². The molecule has 3 heteroatoms. The predicted molar refractivity (Wildman–Crippen MR) is 51.3 cm³/mol. The number of halogens is 1. The quantitative estimate of drug-likeness (QED) is 0.691. The summed E-state index contributed by atoms with van der Waals surface area (Å²) in [4.78, 5) is 0. The lowest BCUT2D eigenvalue weighted by Gasteiger charge is -2.24. The molecule has 1 aromatic rings. The second kappa shape index (κ2) is 3.56. The third-order valence-corrected chi connectivity index (χ3v) is 2.48. The fraction of sp³-hybridized carbons (Fsp3) is 0.400. The van der Waals surface area contributed by atoms with Crippen LogP contribution in [-0.2, 0) is 4.74 Å². The molecular formula is C10H11ClO2. The van der Waals surface area contributed by atoms with Gasteiger partial charge in [-0.25, -0.2) is 0 Å². The van der Waals surface area contributed by atoms with Gasteiger partial charge in [0.1, 0.15) is 5.75 Å². The predicted octanol–water partition coefficient (Wildman–Crippen LogP) is 2.81. The minimum atomic E-state index is 0.154. The molecule has 1 aliphatic heterocycles. The average Bonchev–Trinajstić information content (AvgIpc) is 2.16. The van der Waals surface area contributed by atoms with Crippen LogP contribution in [0.5, 0.6) is 5.75 Å². The molecule has 0 N–H and O–H groups in total. The van der Waals surface area contributed by atoms with Gasteiger partial charge in [-0.15, -0.1) is 0 Å². The zero-order valence-electron chi connectivity index (χ0n) is 7.42. The molecule has 0 spiro atoms. The third-order valence-electron chi connectivity index (χ3n) is 2.24. The minimum Gasteiger partial charge on any atom is -0.493 e. The van der Waals surface area contributed by atoms with E-state index < -0.39 is 0 Å². The number of methoxy groups -OCH3 is 1. The molecule has 0 saturated carbocycles. The van der Waals surface area contributed by atoms with Crippen LogP contribution in [0.4, 0.5) is 0 Å². The van der Waals surface area contributed by atoms with E-state index in [0.717, 1.165) is 17.7 Å². The highest BCUT2D eigenvalue weighted by Crippen LogP contribution is 2.35. The molecule has 2 nitrogen and oxygen atoms in total. The smallest absolute Gasteiger partial charge is 0.126 e. The topological polar surface area (TPSA) is 18.5 Å². The van der Waals surface area contributed by atoms with Crippen LogP contribution in [0.1, 0.15) is 18.1 Å². The summed E-state index contributed by atoms with van der Waals surface area (Å²) >= 11 is 5.85. The Kier molecular flexibility index (Phi) is 2.42. The maximum Gasteiger partial charge on any atom is 0.126 e. The molecule has 0 aliphatic carbocycles. The first-order chi connectivity index (χ1) is 6.31. The Labute approximate surface area is 82.4 Å². The van der Waals surface area contributed by atoms with Gasteiger partial charge in [0.25, 0.3) is 0 Å². The lowest BCUT2D eigenvalue weighted by atomic mass is 10.0. The van der Waals surface area contributed by atoms with Gasteiger partial charge in [0, 0.05) is 24.1 Å². The van der Waals surface area contributed by atoms with Gasteiger partial charge < -0.3 is 9.47 Å². The summed E-state index contributed by atoms with van der Waals surface area (Å²) in [6.07, 6.45) is 1.06. The number of ether oxygens (including phenoxy) is 2. The first-order valence-electron chi connectivity index (χ1n) is 4.26. The SMILES string of the molecule is COC1CCOc2cc(Cl)ccc21. The standard InChI is InChI=1S/C10H11ClO2/c1-12-9-4-5-13-10-6-7(11)2-3-8(9)10/h2-3,6,9H,4-5H2,1H3. The van der Waals surface area contributed by atoms with Crippen LogP contribution in [0.3, 0.4) is 0 Å². The van der Waals surface area contributed by atoms with Crippen LogP contribution in [0.2, 0.25) is 5.02 Å². The van der Waals surface area contributed by atoms with Crippen molar-refractivity contribution in [1.29, 1.82) is 0 Å². The maximum absolute atomic E-state index is 5.85. The second-order valence-electron chi connectivity index (χ2n) is 3.04. The van der Waals surface area contributed by atoms with Gasteiger partial charge in [-0.1, -0.05) is 17.7 Å². The summed E-state index contributed by atoms with van der Waals surface area (Å²) in [5.41, 5.74) is 1.10. The van der Waals surface area contributed by atoms with E-state index in [1.54, 1.807) is 7.11 Å². The van der Waals surface area contributed by atoms with E-state index in [9.17, 15) is 0 Å². The highest BCUT2D eigenvalue weighted by atomic mass is 35.5. The molecule has 70 valence electrons.